The number of hydrogen-bond acceptors (Lipinski definition) is 11. The summed E-state index contributed by atoms with van der Waals surface area (Å²) in [7, 11) is 0. The van der Waals surface area contributed by atoms with Gasteiger partial charge in [0.1, 0.15) is 31.1 Å². The molecule has 202 valence electrons. The maximum atomic E-state index is 11.7. The Balaban J connectivity index is 1.30. The van der Waals surface area contributed by atoms with Gasteiger partial charge in [-0.3, -0.25) is 14.6 Å². The van der Waals surface area contributed by atoms with Crippen molar-refractivity contribution in [3.63, 3.8) is 0 Å². The SMILES string of the molecule is CC(=O)OC(COc1cc2ncnc(Nc3cccc4c(Cl)coc34)c2cc1O)CN1CCN(CC#N)CC1. The number of phenolic OH excluding ortho intramolecular Hbond substituents is 1. The summed E-state index contributed by atoms with van der Waals surface area (Å²) >= 11 is 6.20. The molecule has 2 N–H and O–H groups in total. The first kappa shape index (κ1) is 26.5. The van der Waals surface area contributed by atoms with E-state index in [0.717, 1.165) is 31.6 Å². The number of nitriles is 1. The van der Waals surface area contributed by atoms with Gasteiger partial charge in [-0.1, -0.05) is 17.7 Å². The summed E-state index contributed by atoms with van der Waals surface area (Å²) in [6.45, 7) is 5.33. The Morgan fingerprint density at radius 1 is 1.23 bits per heavy atom. The summed E-state index contributed by atoms with van der Waals surface area (Å²) in [6.07, 6.45) is 2.35. The lowest BCUT2D eigenvalue weighted by Crippen LogP contribution is -2.49. The molecule has 2 aromatic heterocycles. The number of carbonyl (C=O) groups excluding carboxylic acids is 1. The number of fused-ring (bicyclic) bond motifs is 2. The summed E-state index contributed by atoms with van der Waals surface area (Å²) in [4.78, 5) is 24.7. The number of hydrogen-bond donors (Lipinski definition) is 2. The van der Waals surface area contributed by atoms with Crippen LogP contribution in [-0.2, 0) is 9.53 Å². The number of anilines is 2. The molecule has 3 heterocycles. The van der Waals surface area contributed by atoms with E-state index in [2.05, 4.69) is 31.2 Å². The molecule has 0 amide bonds. The number of halogens is 1. The highest BCUT2D eigenvalue weighted by atomic mass is 35.5. The number of piperazine rings is 1. The molecule has 1 fully saturated rings. The number of nitrogens with zero attached hydrogens (tertiary/aromatic N) is 5. The molecule has 0 aliphatic carbocycles. The number of phenols is 1. The van der Waals surface area contributed by atoms with E-state index >= 15 is 0 Å². The number of esters is 1. The topological polar surface area (TPSA) is 137 Å². The van der Waals surface area contributed by atoms with Crippen LogP contribution in [0, 0.1) is 11.3 Å². The molecular formula is C27H27ClN6O5. The van der Waals surface area contributed by atoms with E-state index < -0.39 is 12.1 Å². The molecule has 5 rings (SSSR count). The highest BCUT2D eigenvalue weighted by molar-refractivity contribution is 6.35. The molecule has 1 saturated heterocycles. The highest BCUT2D eigenvalue weighted by Crippen LogP contribution is 2.36. The van der Waals surface area contributed by atoms with Gasteiger partial charge in [0.15, 0.2) is 17.1 Å². The van der Waals surface area contributed by atoms with Crippen LogP contribution in [0.4, 0.5) is 11.5 Å². The average molecular weight is 551 g/mol. The first-order valence-corrected chi connectivity index (χ1v) is 12.8. The second-order valence-corrected chi connectivity index (χ2v) is 9.63. The van der Waals surface area contributed by atoms with E-state index in [-0.39, 0.29) is 18.1 Å². The van der Waals surface area contributed by atoms with Gasteiger partial charge in [0.2, 0.25) is 0 Å². The molecule has 4 aromatic rings. The van der Waals surface area contributed by atoms with Gasteiger partial charge in [0, 0.05) is 56.5 Å². The fourth-order valence-electron chi connectivity index (χ4n) is 4.60. The second-order valence-electron chi connectivity index (χ2n) is 9.23. The van der Waals surface area contributed by atoms with E-state index in [1.165, 1.54) is 25.6 Å². The molecule has 1 aliphatic heterocycles. The number of para-hydroxylation sites is 1. The van der Waals surface area contributed by atoms with Gasteiger partial charge in [-0.25, -0.2) is 9.97 Å². The monoisotopic (exact) mass is 550 g/mol. The molecule has 2 aromatic carbocycles. The molecule has 0 radical (unpaired) electrons. The number of carbonyl (C=O) groups is 1. The molecule has 0 bridgehead atoms. The van der Waals surface area contributed by atoms with E-state index in [1.807, 2.05) is 18.2 Å². The number of furan rings is 1. The smallest absolute Gasteiger partial charge is 0.303 e. The first-order valence-electron chi connectivity index (χ1n) is 12.4. The van der Waals surface area contributed by atoms with Crippen molar-refractivity contribution >= 4 is 50.9 Å². The van der Waals surface area contributed by atoms with Gasteiger partial charge in [0.05, 0.1) is 28.8 Å². The Labute approximate surface area is 229 Å². The minimum atomic E-state index is -0.539. The quantitative estimate of drug-likeness (QED) is 0.231. The van der Waals surface area contributed by atoms with E-state index in [4.69, 9.17) is 30.8 Å². The van der Waals surface area contributed by atoms with E-state index in [9.17, 15) is 9.90 Å². The predicted molar refractivity (Wildman–Crippen MR) is 145 cm³/mol. The number of rotatable bonds is 9. The fraction of sp³-hybridized carbons (Fsp3) is 0.333. The van der Waals surface area contributed by atoms with Crippen LogP contribution < -0.4 is 10.1 Å². The maximum Gasteiger partial charge on any atom is 0.303 e. The zero-order valence-corrected chi connectivity index (χ0v) is 22.0. The third-order valence-corrected chi connectivity index (χ3v) is 6.79. The van der Waals surface area contributed by atoms with Gasteiger partial charge in [-0.15, -0.1) is 0 Å². The van der Waals surface area contributed by atoms with Crippen LogP contribution in [0.5, 0.6) is 11.5 Å². The Bertz CT molecular complexity index is 1530. The molecule has 1 atom stereocenters. The molecule has 39 heavy (non-hydrogen) atoms. The Hall–Kier alpha value is -4.11. The van der Waals surface area contributed by atoms with Gasteiger partial charge in [-0.05, 0) is 18.2 Å². The molecule has 11 nitrogen and oxygen atoms in total. The van der Waals surface area contributed by atoms with Crippen molar-refractivity contribution in [2.75, 3.05) is 51.2 Å². The standard InChI is InChI=1S/C27H27ClN6O5/c1-17(35)39-18(13-34-9-7-33(6-5-29)8-10-34)14-37-25-12-23-20(11-24(25)36)27(31-16-30-23)32-22-4-2-3-19-21(28)15-38-26(19)22/h2-4,11-12,15-16,18,36H,6-10,13-14H2,1H3,(H,30,31,32). The number of benzene rings is 2. The summed E-state index contributed by atoms with van der Waals surface area (Å²) in [6, 6.07) is 10.9. The zero-order chi connectivity index (χ0) is 27.4. The largest absolute Gasteiger partial charge is 0.504 e. The van der Waals surface area contributed by atoms with Crippen LogP contribution in [0.25, 0.3) is 21.9 Å². The van der Waals surface area contributed by atoms with E-state index in [0.29, 0.717) is 46.1 Å². The zero-order valence-electron chi connectivity index (χ0n) is 21.3. The number of ether oxygens (including phenoxy) is 2. The van der Waals surface area contributed by atoms with Crippen molar-refractivity contribution in [3.05, 3.63) is 47.9 Å². The third-order valence-electron chi connectivity index (χ3n) is 6.50. The lowest BCUT2D eigenvalue weighted by molar-refractivity contribution is -0.149. The van der Waals surface area contributed by atoms with Gasteiger partial charge >= 0.3 is 5.97 Å². The van der Waals surface area contributed by atoms with Crippen molar-refractivity contribution < 1.29 is 23.8 Å². The summed E-state index contributed by atoms with van der Waals surface area (Å²) < 4.78 is 17.0. The fourth-order valence-corrected chi connectivity index (χ4v) is 4.79. The normalized spacial score (nSPS) is 15.2. The maximum absolute atomic E-state index is 11.7. The molecule has 12 heteroatoms. The first-order chi connectivity index (χ1) is 18.9. The van der Waals surface area contributed by atoms with E-state index in [1.54, 1.807) is 6.07 Å². The Morgan fingerprint density at radius 2 is 2.03 bits per heavy atom. The van der Waals surface area contributed by atoms with Crippen LogP contribution in [0.3, 0.4) is 0 Å². The van der Waals surface area contributed by atoms with Gasteiger partial charge in [-0.2, -0.15) is 5.26 Å². The van der Waals surface area contributed by atoms with Crippen LogP contribution >= 0.6 is 11.6 Å². The second kappa shape index (κ2) is 11.7. The highest BCUT2D eigenvalue weighted by Gasteiger charge is 2.23. The summed E-state index contributed by atoms with van der Waals surface area (Å²) in [5.74, 6) is 0.162. The van der Waals surface area contributed by atoms with Crippen molar-refractivity contribution in [2.24, 2.45) is 0 Å². The molecule has 0 saturated carbocycles. The summed E-state index contributed by atoms with van der Waals surface area (Å²) in [5, 5.41) is 24.8. The lowest BCUT2D eigenvalue weighted by atomic mass is 10.2. The predicted octanol–water partition coefficient (Wildman–Crippen LogP) is 3.93. The molecule has 1 unspecified atom stereocenters. The minimum absolute atomic E-state index is 0.0501. The Morgan fingerprint density at radius 3 is 2.79 bits per heavy atom. The molecular weight excluding hydrogens is 524 g/mol. The van der Waals surface area contributed by atoms with Gasteiger partial charge < -0.3 is 24.3 Å². The molecule has 1 aliphatic rings. The van der Waals surface area contributed by atoms with Gasteiger partial charge in [0.25, 0.3) is 0 Å². The van der Waals surface area contributed by atoms with Crippen LogP contribution in [0.2, 0.25) is 5.02 Å². The number of nitrogens with one attached hydrogen (secondary N) is 1. The molecule has 0 spiro atoms. The Kier molecular flexibility index (Phi) is 7.97. The van der Waals surface area contributed by atoms with Crippen LogP contribution in [0.15, 0.2) is 47.3 Å². The number of aromatic hydroxyl groups is 1. The van der Waals surface area contributed by atoms with Crippen LogP contribution in [-0.4, -0.2) is 82.8 Å². The van der Waals surface area contributed by atoms with Crippen molar-refractivity contribution in [1.29, 1.82) is 5.26 Å². The minimum Gasteiger partial charge on any atom is -0.504 e. The lowest BCUT2D eigenvalue weighted by Gasteiger charge is -2.35. The average Bonchev–Trinajstić information content (AvgIpc) is 3.30. The third kappa shape index (κ3) is 6.15. The number of aromatic nitrogens is 2. The van der Waals surface area contributed by atoms with Crippen molar-refractivity contribution in [3.8, 4) is 17.6 Å². The van der Waals surface area contributed by atoms with Crippen LogP contribution in [0.1, 0.15) is 6.92 Å². The summed E-state index contributed by atoms with van der Waals surface area (Å²) in [5.41, 5.74) is 1.79. The van der Waals surface area contributed by atoms with Crippen molar-refractivity contribution in [1.82, 2.24) is 19.8 Å². The van der Waals surface area contributed by atoms with Crippen molar-refractivity contribution in [2.45, 2.75) is 13.0 Å².